The SMILES string of the molecule is CNCCN(C)C(=O)Cc1csc(-c2ccc3c(c2)OCO3)n1.Cl.Cl. The van der Waals surface area contributed by atoms with Gasteiger partial charge in [0.15, 0.2) is 11.5 Å². The van der Waals surface area contributed by atoms with E-state index in [9.17, 15) is 4.79 Å². The zero-order valence-corrected chi connectivity index (χ0v) is 16.4. The maximum Gasteiger partial charge on any atom is 0.231 e. The fourth-order valence-corrected chi connectivity index (χ4v) is 3.06. The summed E-state index contributed by atoms with van der Waals surface area (Å²) in [6.07, 6.45) is 0.321. The number of likely N-dealkylation sites (N-methyl/N-ethyl adjacent to an activating group) is 2. The Labute approximate surface area is 163 Å². The Morgan fingerprint density at radius 2 is 2.08 bits per heavy atom. The van der Waals surface area contributed by atoms with Crippen LogP contribution in [0.1, 0.15) is 5.69 Å². The highest BCUT2D eigenvalue weighted by Gasteiger charge is 2.16. The van der Waals surface area contributed by atoms with E-state index in [1.807, 2.05) is 37.7 Å². The molecule has 0 spiro atoms. The van der Waals surface area contributed by atoms with Crippen LogP contribution in [0.25, 0.3) is 10.6 Å². The summed E-state index contributed by atoms with van der Waals surface area (Å²) in [4.78, 5) is 18.4. The van der Waals surface area contributed by atoms with E-state index in [0.29, 0.717) is 13.0 Å². The lowest BCUT2D eigenvalue weighted by molar-refractivity contribution is -0.129. The van der Waals surface area contributed by atoms with Crippen molar-refractivity contribution in [2.24, 2.45) is 0 Å². The summed E-state index contributed by atoms with van der Waals surface area (Å²) >= 11 is 1.53. The lowest BCUT2D eigenvalue weighted by Gasteiger charge is -2.16. The Hall–Kier alpha value is -1.54. The number of aromatic nitrogens is 1. The van der Waals surface area contributed by atoms with Crippen LogP contribution in [0.3, 0.4) is 0 Å². The molecule has 0 fully saturated rings. The van der Waals surface area contributed by atoms with Gasteiger partial charge in [0, 0.05) is 31.1 Å². The number of carbonyl (C=O) groups is 1. The molecule has 0 saturated heterocycles. The number of carbonyl (C=O) groups excluding carboxylic acids is 1. The standard InChI is InChI=1S/C16H19N3O3S.2ClH/c1-17-5-6-19(2)15(20)8-12-9-23-16(18-12)11-3-4-13-14(7-11)22-10-21-13;;/h3-4,7,9,17H,5-6,8,10H2,1-2H3;2*1H. The first kappa shape index (κ1) is 21.5. The Balaban J connectivity index is 0.00000156. The molecule has 2 heterocycles. The Morgan fingerprint density at radius 3 is 2.84 bits per heavy atom. The van der Waals surface area contributed by atoms with Gasteiger partial charge in [-0.2, -0.15) is 0 Å². The molecule has 1 aliphatic heterocycles. The Kier molecular flexibility index (Phi) is 8.44. The molecule has 1 amide bonds. The Bertz CT molecular complexity index is 712. The van der Waals surface area contributed by atoms with Gasteiger partial charge in [0.05, 0.1) is 12.1 Å². The van der Waals surface area contributed by atoms with Crippen molar-refractivity contribution in [2.75, 3.05) is 34.0 Å². The van der Waals surface area contributed by atoms with E-state index < -0.39 is 0 Å². The minimum absolute atomic E-state index is 0. The Morgan fingerprint density at radius 1 is 1.32 bits per heavy atom. The first-order chi connectivity index (χ1) is 11.2. The number of nitrogens with one attached hydrogen (secondary N) is 1. The molecule has 0 bridgehead atoms. The third-order valence-corrected chi connectivity index (χ3v) is 4.57. The largest absolute Gasteiger partial charge is 0.454 e. The maximum absolute atomic E-state index is 12.1. The number of nitrogens with zero attached hydrogens (tertiary/aromatic N) is 2. The maximum atomic E-state index is 12.1. The summed E-state index contributed by atoms with van der Waals surface area (Å²) < 4.78 is 10.7. The summed E-state index contributed by atoms with van der Waals surface area (Å²) in [5.41, 5.74) is 1.77. The molecule has 1 aliphatic rings. The highest BCUT2D eigenvalue weighted by Crippen LogP contribution is 2.36. The summed E-state index contributed by atoms with van der Waals surface area (Å²) in [5.74, 6) is 1.57. The van der Waals surface area contributed by atoms with E-state index in [4.69, 9.17) is 9.47 Å². The van der Waals surface area contributed by atoms with Crippen molar-refractivity contribution in [3.63, 3.8) is 0 Å². The van der Waals surface area contributed by atoms with Crippen molar-refractivity contribution in [1.29, 1.82) is 0 Å². The van der Waals surface area contributed by atoms with Crippen LogP contribution in [0.5, 0.6) is 11.5 Å². The summed E-state index contributed by atoms with van der Waals surface area (Å²) in [7, 11) is 3.68. The number of hydrogen-bond donors (Lipinski definition) is 1. The van der Waals surface area contributed by atoms with Crippen LogP contribution in [-0.4, -0.2) is 49.8 Å². The van der Waals surface area contributed by atoms with Crippen LogP contribution in [0, 0.1) is 0 Å². The average molecular weight is 406 g/mol. The van der Waals surface area contributed by atoms with Crippen LogP contribution in [0.2, 0.25) is 0 Å². The molecule has 9 heteroatoms. The average Bonchev–Trinajstić information content (AvgIpc) is 3.20. The lowest BCUT2D eigenvalue weighted by Crippen LogP contribution is -2.33. The molecule has 2 aromatic rings. The molecular weight excluding hydrogens is 385 g/mol. The fourth-order valence-electron chi connectivity index (χ4n) is 2.24. The molecule has 1 N–H and O–H groups in total. The molecule has 1 aromatic carbocycles. The van der Waals surface area contributed by atoms with Gasteiger partial charge in [-0.1, -0.05) is 0 Å². The molecule has 6 nitrogen and oxygen atoms in total. The summed E-state index contributed by atoms with van der Waals surface area (Å²) in [6.45, 7) is 1.73. The van der Waals surface area contributed by atoms with Gasteiger partial charge in [-0.3, -0.25) is 4.79 Å². The van der Waals surface area contributed by atoms with Gasteiger partial charge >= 0.3 is 0 Å². The van der Waals surface area contributed by atoms with Gasteiger partial charge in [-0.25, -0.2) is 4.98 Å². The quantitative estimate of drug-likeness (QED) is 0.799. The zero-order valence-electron chi connectivity index (χ0n) is 14.0. The van der Waals surface area contributed by atoms with Crippen LogP contribution < -0.4 is 14.8 Å². The minimum atomic E-state index is 0. The van der Waals surface area contributed by atoms with Crippen molar-refractivity contribution in [1.82, 2.24) is 15.2 Å². The monoisotopic (exact) mass is 405 g/mol. The van der Waals surface area contributed by atoms with Gasteiger partial charge in [0.2, 0.25) is 12.7 Å². The summed E-state index contributed by atoms with van der Waals surface area (Å²) in [6, 6.07) is 5.76. The molecule has 138 valence electrons. The normalized spacial score (nSPS) is 11.4. The van der Waals surface area contributed by atoms with E-state index in [2.05, 4.69) is 10.3 Å². The van der Waals surface area contributed by atoms with E-state index in [1.54, 1.807) is 4.90 Å². The summed E-state index contributed by atoms with van der Waals surface area (Å²) in [5, 5.41) is 5.85. The first-order valence-corrected chi connectivity index (χ1v) is 8.28. The van der Waals surface area contributed by atoms with Crippen LogP contribution in [-0.2, 0) is 11.2 Å². The number of thiazole rings is 1. The second-order valence-electron chi connectivity index (χ2n) is 5.31. The molecule has 25 heavy (non-hydrogen) atoms. The van der Waals surface area contributed by atoms with Crippen molar-refractivity contribution >= 4 is 42.1 Å². The van der Waals surface area contributed by atoms with Gasteiger partial charge in [-0.15, -0.1) is 36.2 Å². The predicted octanol–water partition coefficient (Wildman–Crippen LogP) is 2.60. The van der Waals surface area contributed by atoms with Gasteiger partial charge < -0.3 is 19.7 Å². The third kappa shape index (κ3) is 5.22. The molecular formula is C16H21Cl2N3O3S. The molecule has 0 radical (unpaired) electrons. The number of benzene rings is 1. The third-order valence-electron chi connectivity index (χ3n) is 3.63. The van der Waals surface area contributed by atoms with Crippen molar-refractivity contribution < 1.29 is 14.3 Å². The highest BCUT2D eigenvalue weighted by atomic mass is 35.5. The van der Waals surface area contributed by atoms with E-state index in [0.717, 1.165) is 34.3 Å². The minimum Gasteiger partial charge on any atom is -0.454 e. The molecule has 0 unspecified atom stereocenters. The van der Waals surface area contributed by atoms with Gasteiger partial charge in [0.25, 0.3) is 0 Å². The molecule has 0 atom stereocenters. The van der Waals surface area contributed by atoms with E-state index >= 15 is 0 Å². The van der Waals surface area contributed by atoms with Crippen LogP contribution in [0.4, 0.5) is 0 Å². The molecule has 0 aliphatic carbocycles. The van der Waals surface area contributed by atoms with Gasteiger partial charge in [-0.05, 0) is 25.2 Å². The van der Waals surface area contributed by atoms with Crippen molar-refractivity contribution in [3.8, 4) is 22.1 Å². The second-order valence-corrected chi connectivity index (χ2v) is 6.17. The van der Waals surface area contributed by atoms with Gasteiger partial charge in [0.1, 0.15) is 5.01 Å². The number of rotatable bonds is 6. The second kappa shape index (κ2) is 9.82. The number of hydrogen-bond acceptors (Lipinski definition) is 6. The lowest BCUT2D eigenvalue weighted by atomic mass is 10.2. The predicted molar refractivity (Wildman–Crippen MR) is 103 cm³/mol. The first-order valence-electron chi connectivity index (χ1n) is 7.40. The zero-order chi connectivity index (χ0) is 16.2. The topological polar surface area (TPSA) is 63.7 Å². The molecule has 3 rings (SSSR count). The van der Waals surface area contributed by atoms with Crippen LogP contribution >= 0.6 is 36.2 Å². The number of ether oxygens (including phenoxy) is 2. The molecule has 0 saturated carbocycles. The molecule has 1 aromatic heterocycles. The van der Waals surface area contributed by atoms with Crippen molar-refractivity contribution in [3.05, 3.63) is 29.3 Å². The number of amides is 1. The van der Waals surface area contributed by atoms with E-state index in [1.165, 1.54) is 11.3 Å². The van der Waals surface area contributed by atoms with Crippen molar-refractivity contribution in [2.45, 2.75) is 6.42 Å². The number of halogens is 2. The van der Waals surface area contributed by atoms with Crippen LogP contribution in [0.15, 0.2) is 23.6 Å². The highest BCUT2D eigenvalue weighted by molar-refractivity contribution is 7.13. The van der Waals surface area contributed by atoms with E-state index in [-0.39, 0.29) is 37.5 Å². The number of fused-ring (bicyclic) bond motifs is 1. The fraction of sp³-hybridized carbons (Fsp3) is 0.375. The smallest absolute Gasteiger partial charge is 0.231 e.